The molecule has 1 saturated heterocycles. The van der Waals surface area contributed by atoms with Crippen molar-refractivity contribution in [3.63, 3.8) is 0 Å². The minimum absolute atomic E-state index is 0.0396. The molecular weight excluding hydrogens is 276 g/mol. The maximum atomic E-state index is 10.8. The highest BCUT2D eigenvalue weighted by Crippen LogP contribution is 2.22. The number of nitrogens with zero attached hydrogens (tertiary/aromatic N) is 2. The maximum Gasteiger partial charge on any atom is 0.216 e. The Kier molecular flexibility index (Phi) is 6.07. The Labute approximate surface area is 133 Å². The number of rotatable bonds is 6. The molecule has 1 heterocycles. The second-order valence-electron chi connectivity index (χ2n) is 6.11. The van der Waals surface area contributed by atoms with Crippen molar-refractivity contribution in [2.45, 2.75) is 25.8 Å². The van der Waals surface area contributed by atoms with Gasteiger partial charge in [-0.2, -0.15) is 0 Å². The zero-order chi connectivity index (χ0) is 15.9. The number of hydrogen-bond donors (Lipinski definition) is 2. The SMILES string of the molecule is CC(=O)NCCNC1CCN(c2ccc(N(C)C)cc2)CC1. The zero-order valence-electron chi connectivity index (χ0n) is 13.9. The van der Waals surface area contributed by atoms with E-state index in [1.165, 1.54) is 11.4 Å². The molecule has 2 N–H and O–H groups in total. The van der Waals surface area contributed by atoms with E-state index < -0.39 is 0 Å². The quantitative estimate of drug-likeness (QED) is 0.781. The normalized spacial score (nSPS) is 15.7. The van der Waals surface area contributed by atoms with Gasteiger partial charge in [-0.05, 0) is 37.1 Å². The molecule has 1 aliphatic rings. The minimum atomic E-state index is 0.0396. The number of hydrogen-bond acceptors (Lipinski definition) is 4. The third-order valence-corrected chi connectivity index (χ3v) is 4.16. The van der Waals surface area contributed by atoms with E-state index in [0.717, 1.165) is 32.5 Å². The molecule has 0 aliphatic carbocycles. The van der Waals surface area contributed by atoms with Crippen LogP contribution in [0.2, 0.25) is 0 Å². The summed E-state index contributed by atoms with van der Waals surface area (Å²) >= 11 is 0. The Bertz CT molecular complexity index is 464. The number of carbonyl (C=O) groups is 1. The van der Waals surface area contributed by atoms with Crippen LogP contribution in [0.1, 0.15) is 19.8 Å². The largest absolute Gasteiger partial charge is 0.378 e. The van der Waals surface area contributed by atoms with Gasteiger partial charge >= 0.3 is 0 Å². The lowest BCUT2D eigenvalue weighted by Gasteiger charge is -2.34. The van der Waals surface area contributed by atoms with Gasteiger partial charge < -0.3 is 20.4 Å². The summed E-state index contributed by atoms with van der Waals surface area (Å²) in [7, 11) is 4.13. The second kappa shape index (κ2) is 8.03. The van der Waals surface area contributed by atoms with E-state index in [0.29, 0.717) is 12.6 Å². The van der Waals surface area contributed by atoms with Crippen molar-refractivity contribution in [3.05, 3.63) is 24.3 Å². The Hall–Kier alpha value is -1.75. The van der Waals surface area contributed by atoms with Gasteiger partial charge in [-0.1, -0.05) is 0 Å². The summed E-state index contributed by atoms with van der Waals surface area (Å²) in [5.74, 6) is 0.0396. The van der Waals surface area contributed by atoms with Crippen LogP contribution in [0.15, 0.2) is 24.3 Å². The number of amides is 1. The van der Waals surface area contributed by atoms with E-state index in [-0.39, 0.29) is 5.91 Å². The van der Waals surface area contributed by atoms with Gasteiger partial charge in [0.05, 0.1) is 0 Å². The zero-order valence-corrected chi connectivity index (χ0v) is 13.9. The van der Waals surface area contributed by atoms with Crippen molar-refractivity contribution in [1.29, 1.82) is 0 Å². The molecule has 0 atom stereocenters. The number of anilines is 2. The average Bonchev–Trinajstić information content (AvgIpc) is 2.52. The summed E-state index contributed by atoms with van der Waals surface area (Å²) < 4.78 is 0. The van der Waals surface area contributed by atoms with Crippen LogP contribution in [0.3, 0.4) is 0 Å². The molecule has 1 aromatic carbocycles. The summed E-state index contributed by atoms with van der Waals surface area (Å²) in [5.41, 5.74) is 2.54. The predicted molar refractivity (Wildman–Crippen MR) is 92.7 cm³/mol. The molecule has 1 aromatic rings. The summed E-state index contributed by atoms with van der Waals surface area (Å²) in [6.07, 6.45) is 2.30. The van der Waals surface area contributed by atoms with E-state index in [9.17, 15) is 4.79 Å². The third-order valence-electron chi connectivity index (χ3n) is 4.16. The van der Waals surface area contributed by atoms with Crippen molar-refractivity contribution in [3.8, 4) is 0 Å². The van der Waals surface area contributed by atoms with Gasteiger partial charge in [-0.25, -0.2) is 0 Å². The number of carbonyl (C=O) groups excluding carboxylic acids is 1. The van der Waals surface area contributed by atoms with Crippen molar-refractivity contribution in [2.24, 2.45) is 0 Å². The van der Waals surface area contributed by atoms with E-state index in [4.69, 9.17) is 0 Å². The smallest absolute Gasteiger partial charge is 0.216 e. The lowest BCUT2D eigenvalue weighted by atomic mass is 10.0. The van der Waals surface area contributed by atoms with Crippen LogP contribution < -0.4 is 20.4 Å². The first-order valence-electron chi connectivity index (χ1n) is 8.06. The molecule has 0 spiro atoms. The monoisotopic (exact) mass is 304 g/mol. The summed E-state index contributed by atoms with van der Waals surface area (Å²) in [4.78, 5) is 15.4. The molecule has 0 unspecified atom stereocenters. The van der Waals surface area contributed by atoms with Crippen molar-refractivity contribution in [2.75, 3.05) is 50.1 Å². The fraction of sp³-hybridized carbons (Fsp3) is 0.588. The first kappa shape index (κ1) is 16.6. The fourth-order valence-electron chi connectivity index (χ4n) is 2.82. The van der Waals surface area contributed by atoms with Gasteiger partial charge in [0.1, 0.15) is 0 Å². The Morgan fingerprint density at radius 3 is 2.36 bits per heavy atom. The highest BCUT2D eigenvalue weighted by molar-refractivity contribution is 5.72. The highest BCUT2D eigenvalue weighted by atomic mass is 16.1. The van der Waals surface area contributed by atoms with Gasteiger partial charge in [0.15, 0.2) is 0 Å². The maximum absolute atomic E-state index is 10.8. The molecule has 0 bridgehead atoms. The molecule has 0 saturated carbocycles. The molecule has 5 heteroatoms. The molecule has 22 heavy (non-hydrogen) atoms. The Morgan fingerprint density at radius 2 is 1.82 bits per heavy atom. The Morgan fingerprint density at radius 1 is 1.18 bits per heavy atom. The summed E-state index contributed by atoms with van der Waals surface area (Å²) in [6, 6.07) is 9.32. The first-order valence-corrected chi connectivity index (χ1v) is 8.06. The lowest BCUT2D eigenvalue weighted by molar-refractivity contribution is -0.118. The average molecular weight is 304 g/mol. The second-order valence-corrected chi connectivity index (χ2v) is 6.11. The van der Waals surface area contributed by atoms with Gasteiger partial charge in [-0.3, -0.25) is 4.79 Å². The summed E-state index contributed by atoms with van der Waals surface area (Å²) in [5, 5.41) is 6.34. The molecule has 1 aliphatic heterocycles. The fourth-order valence-corrected chi connectivity index (χ4v) is 2.82. The number of benzene rings is 1. The minimum Gasteiger partial charge on any atom is -0.378 e. The topological polar surface area (TPSA) is 47.6 Å². The molecule has 0 radical (unpaired) electrons. The lowest BCUT2D eigenvalue weighted by Crippen LogP contribution is -2.44. The highest BCUT2D eigenvalue weighted by Gasteiger charge is 2.18. The van der Waals surface area contributed by atoms with Crippen LogP contribution in [-0.2, 0) is 4.79 Å². The van der Waals surface area contributed by atoms with E-state index in [1.807, 2.05) is 0 Å². The molecule has 1 amide bonds. The predicted octanol–water partition coefficient (Wildman–Crippen LogP) is 1.45. The molecule has 5 nitrogen and oxygen atoms in total. The number of piperidine rings is 1. The van der Waals surface area contributed by atoms with E-state index in [1.54, 1.807) is 6.92 Å². The van der Waals surface area contributed by atoms with Crippen LogP contribution >= 0.6 is 0 Å². The molecule has 0 aromatic heterocycles. The van der Waals surface area contributed by atoms with Gasteiger partial charge in [0.2, 0.25) is 5.91 Å². The molecule has 2 rings (SSSR count). The molecular formula is C17H28N4O. The summed E-state index contributed by atoms with van der Waals surface area (Å²) in [6.45, 7) is 5.28. The van der Waals surface area contributed by atoms with Crippen molar-refractivity contribution < 1.29 is 4.79 Å². The van der Waals surface area contributed by atoms with Crippen LogP contribution in [0.5, 0.6) is 0 Å². The van der Waals surface area contributed by atoms with Crippen LogP contribution in [0.4, 0.5) is 11.4 Å². The first-order chi connectivity index (χ1) is 10.6. The van der Waals surface area contributed by atoms with Crippen LogP contribution in [0.25, 0.3) is 0 Å². The van der Waals surface area contributed by atoms with E-state index in [2.05, 4.69) is 58.8 Å². The van der Waals surface area contributed by atoms with E-state index >= 15 is 0 Å². The third kappa shape index (κ3) is 4.91. The van der Waals surface area contributed by atoms with Crippen LogP contribution in [0, 0.1) is 0 Å². The molecule has 1 fully saturated rings. The molecule has 122 valence electrons. The van der Waals surface area contributed by atoms with Gasteiger partial charge in [-0.15, -0.1) is 0 Å². The standard InChI is InChI=1S/C17H28N4O/c1-14(22)18-10-11-19-15-8-12-21(13-9-15)17-6-4-16(5-7-17)20(2)3/h4-7,15,19H,8-13H2,1-3H3,(H,18,22). The Balaban J connectivity index is 1.73. The van der Waals surface area contributed by atoms with Gasteiger partial charge in [0.25, 0.3) is 0 Å². The van der Waals surface area contributed by atoms with Crippen molar-refractivity contribution >= 4 is 17.3 Å². The number of nitrogens with one attached hydrogen (secondary N) is 2. The van der Waals surface area contributed by atoms with Crippen molar-refractivity contribution in [1.82, 2.24) is 10.6 Å². The van der Waals surface area contributed by atoms with Gasteiger partial charge in [0, 0.05) is 64.6 Å². The van der Waals surface area contributed by atoms with Crippen LogP contribution in [-0.4, -0.2) is 52.2 Å².